The average Bonchev–Trinajstić information content (AvgIpc) is 1.95. The van der Waals surface area contributed by atoms with Gasteiger partial charge >= 0.3 is 11.9 Å². The molecule has 0 spiro atoms. The molecule has 0 aliphatic rings. The van der Waals surface area contributed by atoms with Crippen molar-refractivity contribution in [1.82, 2.24) is 10.9 Å². The van der Waals surface area contributed by atoms with E-state index in [0.29, 0.717) is 0 Å². The van der Waals surface area contributed by atoms with Crippen molar-refractivity contribution in [2.45, 2.75) is 19.1 Å². The van der Waals surface area contributed by atoms with E-state index in [2.05, 4.69) is 10.9 Å². The molecule has 7 nitrogen and oxygen atoms in total. The summed E-state index contributed by atoms with van der Waals surface area (Å²) in [5.74, 6) is -2.38. The Bertz CT molecular complexity index is 193. The van der Waals surface area contributed by atoms with Crippen molar-refractivity contribution >= 4 is 11.9 Å². The first-order valence-electron chi connectivity index (χ1n) is 3.56. The first-order valence-corrected chi connectivity index (χ1v) is 3.56. The van der Waals surface area contributed by atoms with Crippen LogP contribution in [-0.4, -0.2) is 45.9 Å². The highest BCUT2D eigenvalue weighted by molar-refractivity contribution is 5.74. The number of nitrogens with one attached hydrogen (secondary N) is 2. The van der Waals surface area contributed by atoms with E-state index in [1.807, 2.05) is 0 Å². The molecule has 0 aromatic carbocycles. The van der Waals surface area contributed by atoms with Crippen LogP contribution in [0.15, 0.2) is 0 Å². The van der Waals surface area contributed by atoms with Gasteiger partial charge in [0, 0.05) is 0 Å². The summed E-state index contributed by atoms with van der Waals surface area (Å²) in [4.78, 5) is 20.4. The summed E-state index contributed by atoms with van der Waals surface area (Å²) in [6.07, 6.45) is -1.11. The normalized spacial score (nSPS) is 14.9. The zero-order valence-electron chi connectivity index (χ0n) is 7.02. The maximum atomic E-state index is 10.4. The summed E-state index contributed by atoms with van der Waals surface area (Å²) in [6.45, 7) is 0.866. The average molecular weight is 192 g/mol. The first-order chi connectivity index (χ1) is 5.95. The van der Waals surface area contributed by atoms with E-state index in [4.69, 9.17) is 15.3 Å². The third-order valence-corrected chi connectivity index (χ3v) is 1.25. The van der Waals surface area contributed by atoms with Gasteiger partial charge in [-0.2, -0.15) is 0 Å². The molecule has 5 N–H and O–H groups in total. The fraction of sp³-hybridized carbons (Fsp3) is 0.667. The van der Waals surface area contributed by atoms with E-state index in [0.717, 1.165) is 0 Å². The number of aliphatic hydroxyl groups excluding tert-OH is 1. The van der Waals surface area contributed by atoms with Crippen LogP contribution >= 0.6 is 0 Å². The first kappa shape index (κ1) is 11.8. The van der Waals surface area contributed by atoms with E-state index in [-0.39, 0.29) is 0 Å². The molecule has 0 aromatic rings. The highest BCUT2D eigenvalue weighted by atomic mass is 16.4. The Morgan fingerprint density at radius 3 is 2.23 bits per heavy atom. The second-order valence-electron chi connectivity index (χ2n) is 2.45. The zero-order chi connectivity index (χ0) is 10.4. The molecule has 0 amide bonds. The second kappa shape index (κ2) is 5.46. The number of carboxylic acids is 2. The lowest BCUT2D eigenvalue weighted by Crippen LogP contribution is -2.52. The molecule has 13 heavy (non-hydrogen) atoms. The van der Waals surface area contributed by atoms with Crippen LogP contribution < -0.4 is 10.9 Å². The molecular weight excluding hydrogens is 180 g/mol. The number of carboxylic acid groups (broad SMARTS) is 2. The van der Waals surface area contributed by atoms with Crippen molar-refractivity contribution in [1.29, 1.82) is 0 Å². The van der Waals surface area contributed by atoms with Crippen molar-refractivity contribution in [3.63, 3.8) is 0 Å². The fourth-order valence-electron chi connectivity index (χ4n) is 0.625. The van der Waals surface area contributed by atoms with Crippen LogP contribution in [0, 0.1) is 0 Å². The monoisotopic (exact) mass is 192 g/mol. The lowest BCUT2D eigenvalue weighted by Gasteiger charge is -2.16. The van der Waals surface area contributed by atoms with Crippen LogP contribution in [0.2, 0.25) is 0 Å². The van der Waals surface area contributed by atoms with Gasteiger partial charge in [0.25, 0.3) is 0 Å². The molecule has 0 saturated carbocycles. The minimum atomic E-state index is -1.26. The molecule has 0 aliphatic carbocycles. The Morgan fingerprint density at radius 2 is 1.92 bits per heavy atom. The Hall–Kier alpha value is -1.18. The number of hydrogen-bond donors (Lipinski definition) is 5. The fourth-order valence-corrected chi connectivity index (χ4v) is 0.625. The molecule has 0 radical (unpaired) electrons. The standard InChI is InChI=1S/C6H12N2O5/c1-3(9)5(6(12)13)8-7-2-4(10)11/h3,5,7-9H,2H2,1H3,(H,10,11)(H,12,13)/t3-,5+/m1/s1. The molecule has 2 atom stereocenters. The molecule has 76 valence electrons. The van der Waals surface area contributed by atoms with Gasteiger partial charge in [-0.15, -0.1) is 0 Å². The molecule has 0 heterocycles. The van der Waals surface area contributed by atoms with Crippen molar-refractivity contribution in [3.8, 4) is 0 Å². The van der Waals surface area contributed by atoms with Crippen LogP contribution in [0.1, 0.15) is 6.92 Å². The SMILES string of the molecule is C[C@@H](O)[C@H](NNCC(=O)O)C(=O)O. The number of aliphatic carboxylic acids is 2. The predicted molar refractivity (Wildman–Crippen MR) is 41.9 cm³/mol. The Balaban J connectivity index is 3.84. The van der Waals surface area contributed by atoms with Gasteiger partial charge in [-0.05, 0) is 6.92 Å². The number of carbonyl (C=O) groups is 2. The van der Waals surface area contributed by atoms with Crippen molar-refractivity contribution in [3.05, 3.63) is 0 Å². The molecule has 7 heteroatoms. The van der Waals surface area contributed by atoms with Gasteiger partial charge in [-0.25, -0.2) is 10.9 Å². The van der Waals surface area contributed by atoms with E-state index >= 15 is 0 Å². The van der Waals surface area contributed by atoms with Crippen LogP contribution in [0.25, 0.3) is 0 Å². The molecule has 0 aliphatic heterocycles. The molecular formula is C6H12N2O5. The summed E-state index contributed by atoms with van der Waals surface area (Å²) in [5.41, 5.74) is 4.33. The molecule has 0 aromatic heterocycles. The minimum Gasteiger partial charge on any atom is -0.480 e. The van der Waals surface area contributed by atoms with Gasteiger partial charge in [0.2, 0.25) is 0 Å². The van der Waals surface area contributed by atoms with Gasteiger partial charge < -0.3 is 15.3 Å². The van der Waals surface area contributed by atoms with Gasteiger partial charge in [0.1, 0.15) is 12.6 Å². The quantitative estimate of drug-likeness (QED) is 0.309. The third-order valence-electron chi connectivity index (χ3n) is 1.25. The summed E-state index contributed by atoms with van der Waals surface area (Å²) in [7, 11) is 0. The van der Waals surface area contributed by atoms with Crippen molar-refractivity contribution < 1.29 is 24.9 Å². The van der Waals surface area contributed by atoms with E-state index in [1.54, 1.807) is 0 Å². The summed E-state index contributed by atoms with van der Waals surface area (Å²) in [6, 6.07) is -1.22. The Morgan fingerprint density at radius 1 is 1.38 bits per heavy atom. The smallest absolute Gasteiger partial charge is 0.324 e. The number of rotatable bonds is 6. The van der Waals surface area contributed by atoms with Gasteiger partial charge in [-0.1, -0.05) is 0 Å². The lowest BCUT2D eigenvalue weighted by molar-refractivity contribution is -0.143. The van der Waals surface area contributed by atoms with Crippen LogP contribution in [0.5, 0.6) is 0 Å². The van der Waals surface area contributed by atoms with Crippen LogP contribution in [0.3, 0.4) is 0 Å². The summed E-state index contributed by atoms with van der Waals surface area (Å²) >= 11 is 0. The number of hydrogen-bond acceptors (Lipinski definition) is 5. The van der Waals surface area contributed by atoms with Crippen molar-refractivity contribution in [2.75, 3.05) is 6.54 Å². The summed E-state index contributed by atoms with van der Waals surface area (Å²) in [5, 5.41) is 25.6. The van der Waals surface area contributed by atoms with Crippen molar-refractivity contribution in [2.24, 2.45) is 0 Å². The molecule has 0 fully saturated rings. The predicted octanol–water partition coefficient (Wildman–Crippen LogP) is -2.00. The Labute approximate surface area is 74.3 Å². The van der Waals surface area contributed by atoms with Gasteiger partial charge in [0.15, 0.2) is 0 Å². The highest BCUT2D eigenvalue weighted by Crippen LogP contribution is 1.90. The van der Waals surface area contributed by atoms with E-state index in [9.17, 15) is 9.59 Å². The maximum absolute atomic E-state index is 10.4. The Kier molecular flexibility index (Phi) is 4.97. The molecule has 0 unspecified atom stereocenters. The minimum absolute atomic E-state index is 0.420. The third kappa shape index (κ3) is 5.12. The largest absolute Gasteiger partial charge is 0.480 e. The molecule has 0 saturated heterocycles. The summed E-state index contributed by atoms with van der Waals surface area (Å²) < 4.78 is 0. The van der Waals surface area contributed by atoms with Crippen LogP contribution in [0.4, 0.5) is 0 Å². The number of aliphatic hydroxyl groups is 1. The number of hydrazine groups is 1. The second-order valence-corrected chi connectivity index (χ2v) is 2.45. The van der Waals surface area contributed by atoms with E-state index < -0.39 is 30.6 Å². The highest BCUT2D eigenvalue weighted by Gasteiger charge is 2.22. The van der Waals surface area contributed by atoms with Gasteiger partial charge in [-0.3, -0.25) is 9.59 Å². The van der Waals surface area contributed by atoms with Crippen LogP contribution in [-0.2, 0) is 9.59 Å². The zero-order valence-corrected chi connectivity index (χ0v) is 7.02. The van der Waals surface area contributed by atoms with Gasteiger partial charge in [0.05, 0.1) is 6.10 Å². The lowest BCUT2D eigenvalue weighted by atomic mass is 10.2. The topological polar surface area (TPSA) is 119 Å². The maximum Gasteiger partial charge on any atom is 0.324 e. The molecule has 0 rings (SSSR count). The molecule has 0 bridgehead atoms. The van der Waals surface area contributed by atoms with E-state index in [1.165, 1.54) is 6.92 Å².